The van der Waals surface area contributed by atoms with Crippen LogP contribution in [0.25, 0.3) is 11.1 Å². The van der Waals surface area contributed by atoms with Crippen molar-refractivity contribution in [3.63, 3.8) is 0 Å². The smallest absolute Gasteiger partial charge is 0.338 e. The highest BCUT2D eigenvalue weighted by atomic mass is 79.9. The number of alkyl halides is 1. The van der Waals surface area contributed by atoms with Gasteiger partial charge in [0.15, 0.2) is 0 Å². The number of esters is 1. The summed E-state index contributed by atoms with van der Waals surface area (Å²) in [6.45, 7) is 2.20. The summed E-state index contributed by atoms with van der Waals surface area (Å²) in [6.07, 6.45) is 1.03. The van der Waals surface area contributed by atoms with Crippen molar-refractivity contribution >= 4 is 21.9 Å². The van der Waals surface area contributed by atoms with Crippen LogP contribution in [-0.2, 0) is 11.2 Å². The summed E-state index contributed by atoms with van der Waals surface area (Å²) in [5.74, 6) is -0.272. The van der Waals surface area contributed by atoms with Crippen LogP contribution in [0.1, 0.15) is 22.8 Å². The number of carbonyl (C=O) groups is 1. The van der Waals surface area contributed by atoms with Gasteiger partial charge in [-0.2, -0.15) is 0 Å². The Labute approximate surface area is 127 Å². The van der Waals surface area contributed by atoms with Crippen LogP contribution in [0.4, 0.5) is 0 Å². The second-order valence-electron chi connectivity index (χ2n) is 4.43. The van der Waals surface area contributed by atoms with E-state index in [1.807, 2.05) is 12.1 Å². The molecule has 0 N–H and O–H groups in total. The van der Waals surface area contributed by atoms with E-state index in [0.717, 1.165) is 22.9 Å². The lowest BCUT2D eigenvalue weighted by Gasteiger charge is -2.05. The molecule has 0 heterocycles. The van der Waals surface area contributed by atoms with Crippen LogP contribution in [-0.4, -0.2) is 17.9 Å². The Balaban J connectivity index is 2.15. The lowest BCUT2D eigenvalue weighted by molar-refractivity contribution is 0.0526. The fraction of sp³-hybridized carbons (Fsp3) is 0.235. The van der Waals surface area contributed by atoms with Crippen molar-refractivity contribution in [1.29, 1.82) is 0 Å². The average molecular weight is 333 g/mol. The highest BCUT2D eigenvalue weighted by Gasteiger charge is 2.06. The molecule has 0 unspecified atom stereocenters. The van der Waals surface area contributed by atoms with E-state index in [-0.39, 0.29) is 5.97 Å². The molecule has 2 aromatic rings. The van der Waals surface area contributed by atoms with E-state index < -0.39 is 0 Å². The van der Waals surface area contributed by atoms with E-state index >= 15 is 0 Å². The molecular weight excluding hydrogens is 316 g/mol. The Hall–Kier alpha value is -1.61. The number of aryl methyl sites for hydroxylation is 1. The first-order chi connectivity index (χ1) is 9.74. The largest absolute Gasteiger partial charge is 0.462 e. The third-order valence-electron chi connectivity index (χ3n) is 3.07. The number of carbonyl (C=O) groups excluding carboxylic acids is 1. The van der Waals surface area contributed by atoms with Gasteiger partial charge in [-0.1, -0.05) is 52.3 Å². The third-order valence-corrected chi connectivity index (χ3v) is 3.46. The molecule has 2 rings (SSSR count). The summed E-state index contributed by atoms with van der Waals surface area (Å²) < 4.78 is 4.97. The predicted molar refractivity (Wildman–Crippen MR) is 85.3 cm³/mol. The lowest BCUT2D eigenvalue weighted by atomic mass is 10.0. The van der Waals surface area contributed by atoms with Crippen LogP contribution in [0.15, 0.2) is 48.5 Å². The highest BCUT2D eigenvalue weighted by Crippen LogP contribution is 2.21. The van der Waals surface area contributed by atoms with Crippen LogP contribution < -0.4 is 0 Å². The monoisotopic (exact) mass is 332 g/mol. The molecule has 0 amide bonds. The molecule has 0 saturated heterocycles. The Morgan fingerprint density at radius 2 is 1.55 bits per heavy atom. The van der Waals surface area contributed by atoms with Gasteiger partial charge in [-0.05, 0) is 42.2 Å². The van der Waals surface area contributed by atoms with Crippen molar-refractivity contribution < 1.29 is 9.53 Å². The molecule has 0 saturated carbocycles. The number of hydrogen-bond acceptors (Lipinski definition) is 2. The summed E-state index contributed by atoms with van der Waals surface area (Å²) >= 11 is 3.44. The average Bonchev–Trinajstić information content (AvgIpc) is 2.49. The molecule has 20 heavy (non-hydrogen) atoms. The zero-order valence-electron chi connectivity index (χ0n) is 11.4. The quantitative estimate of drug-likeness (QED) is 0.596. The first-order valence-corrected chi connectivity index (χ1v) is 7.79. The number of ether oxygens (including phenoxy) is 1. The third kappa shape index (κ3) is 3.70. The zero-order chi connectivity index (χ0) is 14.4. The summed E-state index contributed by atoms with van der Waals surface area (Å²) in [5, 5.41) is 0.973. The van der Waals surface area contributed by atoms with Gasteiger partial charge in [0.1, 0.15) is 0 Å². The van der Waals surface area contributed by atoms with Gasteiger partial charge in [-0.25, -0.2) is 4.79 Å². The van der Waals surface area contributed by atoms with Gasteiger partial charge in [0, 0.05) is 5.33 Å². The first-order valence-electron chi connectivity index (χ1n) is 6.67. The highest BCUT2D eigenvalue weighted by molar-refractivity contribution is 9.09. The summed E-state index contributed by atoms with van der Waals surface area (Å²) in [4.78, 5) is 11.6. The van der Waals surface area contributed by atoms with Gasteiger partial charge in [0.05, 0.1) is 12.2 Å². The molecule has 0 aliphatic heterocycles. The molecule has 104 valence electrons. The van der Waals surface area contributed by atoms with Crippen LogP contribution in [0.2, 0.25) is 0 Å². The Morgan fingerprint density at radius 1 is 1.00 bits per heavy atom. The lowest BCUT2D eigenvalue weighted by Crippen LogP contribution is -2.03. The summed E-state index contributed by atoms with van der Waals surface area (Å²) in [5.41, 5.74) is 4.16. The molecule has 0 bridgehead atoms. The fourth-order valence-electron chi connectivity index (χ4n) is 1.99. The first kappa shape index (κ1) is 14.8. The van der Waals surface area contributed by atoms with Crippen LogP contribution in [0, 0.1) is 0 Å². The molecule has 0 fully saturated rings. The second kappa shape index (κ2) is 7.25. The Kier molecular flexibility index (Phi) is 5.36. The second-order valence-corrected chi connectivity index (χ2v) is 5.23. The maximum Gasteiger partial charge on any atom is 0.338 e. The van der Waals surface area contributed by atoms with Crippen molar-refractivity contribution in [3.8, 4) is 11.1 Å². The molecule has 0 spiro atoms. The molecule has 2 nitrogen and oxygen atoms in total. The van der Waals surface area contributed by atoms with E-state index in [1.54, 1.807) is 19.1 Å². The van der Waals surface area contributed by atoms with Gasteiger partial charge in [-0.3, -0.25) is 0 Å². The van der Waals surface area contributed by atoms with Crippen molar-refractivity contribution in [2.45, 2.75) is 13.3 Å². The molecule has 0 radical (unpaired) electrons. The number of hydrogen-bond donors (Lipinski definition) is 0. The molecule has 3 heteroatoms. The number of benzene rings is 2. The molecule has 2 aromatic carbocycles. The maximum atomic E-state index is 11.6. The normalized spacial score (nSPS) is 10.3. The van der Waals surface area contributed by atoms with Crippen molar-refractivity contribution in [2.24, 2.45) is 0 Å². The van der Waals surface area contributed by atoms with Gasteiger partial charge in [0.25, 0.3) is 0 Å². The topological polar surface area (TPSA) is 26.3 Å². The molecule has 0 atom stereocenters. The molecule has 0 aliphatic carbocycles. The minimum atomic E-state index is -0.272. The standard InChI is InChI=1S/C17H17BrO2/c1-2-20-17(19)16-9-7-15(8-10-16)14-5-3-13(4-6-14)11-12-18/h3-10H,2,11-12H2,1H3. The fourth-order valence-corrected chi connectivity index (χ4v) is 2.44. The Bertz CT molecular complexity index is 559. The zero-order valence-corrected chi connectivity index (χ0v) is 13.0. The minimum absolute atomic E-state index is 0.272. The van der Waals surface area contributed by atoms with Crippen molar-refractivity contribution in [3.05, 3.63) is 59.7 Å². The SMILES string of the molecule is CCOC(=O)c1ccc(-c2ccc(CCBr)cc2)cc1. The number of rotatable bonds is 5. The predicted octanol–water partition coefficient (Wildman–Crippen LogP) is 4.47. The van der Waals surface area contributed by atoms with Gasteiger partial charge < -0.3 is 4.74 Å². The van der Waals surface area contributed by atoms with E-state index in [0.29, 0.717) is 12.2 Å². The van der Waals surface area contributed by atoms with Gasteiger partial charge in [-0.15, -0.1) is 0 Å². The van der Waals surface area contributed by atoms with Crippen molar-refractivity contribution in [2.75, 3.05) is 11.9 Å². The molecule has 0 aliphatic rings. The summed E-state index contributed by atoms with van der Waals surface area (Å²) in [7, 11) is 0. The summed E-state index contributed by atoms with van der Waals surface area (Å²) in [6, 6.07) is 16.0. The van der Waals surface area contributed by atoms with E-state index in [9.17, 15) is 4.79 Å². The van der Waals surface area contributed by atoms with E-state index in [4.69, 9.17) is 4.74 Å². The molecular formula is C17H17BrO2. The Morgan fingerprint density at radius 3 is 2.05 bits per heavy atom. The van der Waals surface area contributed by atoms with Gasteiger partial charge in [0.2, 0.25) is 0 Å². The minimum Gasteiger partial charge on any atom is -0.462 e. The van der Waals surface area contributed by atoms with Crippen LogP contribution in [0.5, 0.6) is 0 Å². The maximum absolute atomic E-state index is 11.6. The molecule has 0 aromatic heterocycles. The number of halogens is 1. The van der Waals surface area contributed by atoms with Crippen molar-refractivity contribution in [1.82, 2.24) is 0 Å². The van der Waals surface area contributed by atoms with E-state index in [2.05, 4.69) is 40.2 Å². The van der Waals surface area contributed by atoms with Gasteiger partial charge >= 0.3 is 5.97 Å². The van der Waals surface area contributed by atoms with E-state index in [1.165, 1.54) is 5.56 Å². The van der Waals surface area contributed by atoms with Crippen LogP contribution in [0.3, 0.4) is 0 Å². The van der Waals surface area contributed by atoms with Crippen LogP contribution >= 0.6 is 15.9 Å².